The van der Waals surface area contributed by atoms with Crippen LogP contribution < -0.4 is 4.74 Å². The fraction of sp³-hybridized carbons (Fsp3) is 0.333. The third-order valence-electron chi connectivity index (χ3n) is 3.69. The van der Waals surface area contributed by atoms with Gasteiger partial charge in [-0.15, -0.1) is 6.58 Å². The lowest BCUT2D eigenvalue weighted by molar-refractivity contribution is -0.107. The second kappa shape index (κ2) is 7.88. The second-order valence-electron chi connectivity index (χ2n) is 5.49. The van der Waals surface area contributed by atoms with Gasteiger partial charge in [0.15, 0.2) is 0 Å². The third kappa shape index (κ3) is 4.52. The van der Waals surface area contributed by atoms with E-state index in [1.165, 1.54) is 36.4 Å². The average Bonchev–Trinajstić information content (AvgIpc) is 3.16. The van der Waals surface area contributed by atoms with E-state index < -0.39 is 0 Å². The molecule has 0 aromatic heterocycles. The van der Waals surface area contributed by atoms with Gasteiger partial charge in [0.1, 0.15) is 15.8 Å². The number of rotatable bonds is 5. The maximum atomic E-state index is 12.0. The van der Waals surface area contributed by atoms with Crippen molar-refractivity contribution in [3.63, 3.8) is 0 Å². The number of thioether (sulfide) groups is 2. The topological polar surface area (TPSA) is 38.7 Å². The molecule has 2 aliphatic rings. The largest absolute Gasteiger partial charge is 0.490 e. The number of hydrogen-bond acceptors (Lipinski definition) is 5. The van der Waals surface area contributed by atoms with Crippen LogP contribution in [-0.2, 0) is 4.79 Å². The first-order chi connectivity index (χ1) is 11.2. The zero-order chi connectivity index (χ0) is 16.1. The van der Waals surface area contributed by atoms with Crippen LogP contribution in [0.15, 0.2) is 47.6 Å². The van der Waals surface area contributed by atoms with Crippen LogP contribution >= 0.6 is 23.5 Å². The molecule has 1 saturated carbocycles. The average molecular weight is 345 g/mol. The van der Waals surface area contributed by atoms with Gasteiger partial charge in [0.05, 0.1) is 6.10 Å². The number of nitrogens with zero attached hydrogens (tertiary/aromatic N) is 1. The summed E-state index contributed by atoms with van der Waals surface area (Å²) in [5.74, 6) is 1.63. The van der Waals surface area contributed by atoms with Gasteiger partial charge in [0, 0.05) is 5.75 Å². The molecule has 0 radical (unpaired) electrons. The van der Waals surface area contributed by atoms with Crippen LogP contribution in [0.2, 0.25) is 0 Å². The molecule has 3 rings (SSSR count). The zero-order valence-corrected chi connectivity index (χ0v) is 14.5. The molecular weight excluding hydrogens is 326 g/mol. The molecule has 0 N–H and O–H groups in total. The van der Waals surface area contributed by atoms with Gasteiger partial charge < -0.3 is 4.74 Å². The summed E-state index contributed by atoms with van der Waals surface area (Å²) in [7, 11) is 0. The Morgan fingerprint density at radius 3 is 3.00 bits per heavy atom. The van der Waals surface area contributed by atoms with Gasteiger partial charge in [0.2, 0.25) is 5.12 Å². The molecule has 1 aliphatic heterocycles. The van der Waals surface area contributed by atoms with Gasteiger partial charge in [-0.2, -0.15) is 0 Å². The van der Waals surface area contributed by atoms with E-state index in [-0.39, 0.29) is 5.12 Å². The Hall–Kier alpha value is -1.46. The van der Waals surface area contributed by atoms with Crippen LogP contribution in [0.3, 0.4) is 0 Å². The van der Waals surface area contributed by atoms with Gasteiger partial charge >= 0.3 is 0 Å². The predicted molar refractivity (Wildman–Crippen MR) is 100.0 cm³/mol. The molecule has 1 aromatic rings. The number of hydrogen-bond donors (Lipinski definition) is 0. The van der Waals surface area contributed by atoms with E-state index in [1.54, 1.807) is 0 Å². The standard InChI is InChI=1S/C18H19NO2S2/c1-2-10-22-18-19-16(17(20)23-18)12-13-6-5-9-15(11-13)21-14-7-3-4-8-14/h2,5-6,9,11-12,14H,1,3-4,7-8,10H2/b16-12+. The van der Waals surface area contributed by atoms with Crippen LogP contribution in [0.5, 0.6) is 5.75 Å². The minimum absolute atomic E-state index is 0.00123. The summed E-state index contributed by atoms with van der Waals surface area (Å²) >= 11 is 2.73. The first kappa shape index (κ1) is 16.4. The minimum atomic E-state index is -0.00123. The highest BCUT2D eigenvalue weighted by Crippen LogP contribution is 2.31. The smallest absolute Gasteiger partial charge is 0.244 e. The van der Waals surface area contributed by atoms with Crippen molar-refractivity contribution in [3.8, 4) is 5.75 Å². The maximum Gasteiger partial charge on any atom is 0.244 e. The summed E-state index contributed by atoms with van der Waals surface area (Å²) < 4.78 is 6.80. The van der Waals surface area contributed by atoms with E-state index in [9.17, 15) is 4.79 Å². The van der Waals surface area contributed by atoms with E-state index in [0.29, 0.717) is 11.8 Å². The van der Waals surface area contributed by atoms with Crippen LogP contribution in [0.1, 0.15) is 31.2 Å². The van der Waals surface area contributed by atoms with Gasteiger partial charge in [-0.05, 0) is 61.2 Å². The molecule has 1 aliphatic carbocycles. The Morgan fingerprint density at radius 2 is 2.22 bits per heavy atom. The van der Waals surface area contributed by atoms with E-state index >= 15 is 0 Å². The van der Waals surface area contributed by atoms with Crippen LogP contribution in [0, 0.1) is 0 Å². The van der Waals surface area contributed by atoms with Crippen molar-refractivity contribution in [2.75, 3.05) is 5.75 Å². The summed E-state index contributed by atoms with van der Waals surface area (Å²) in [6.07, 6.45) is 8.74. The first-order valence-electron chi connectivity index (χ1n) is 7.77. The van der Waals surface area contributed by atoms with Crippen molar-refractivity contribution >= 4 is 39.1 Å². The number of ether oxygens (including phenoxy) is 1. The first-order valence-corrected chi connectivity index (χ1v) is 9.58. The molecule has 0 bridgehead atoms. The molecule has 0 atom stereocenters. The molecule has 1 fully saturated rings. The van der Waals surface area contributed by atoms with Crippen molar-refractivity contribution in [3.05, 3.63) is 48.2 Å². The van der Waals surface area contributed by atoms with Gasteiger partial charge in [-0.25, -0.2) is 4.99 Å². The van der Waals surface area contributed by atoms with Crippen LogP contribution in [-0.4, -0.2) is 21.3 Å². The normalized spacial score (nSPS) is 20.1. The highest BCUT2D eigenvalue weighted by atomic mass is 32.2. The molecule has 1 aromatic carbocycles. The molecule has 120 valence electrons. The lowest BCUT2D eigenvalue weighted by Gasteiger charge is -2.13. The van der Waals surface area contributed by atoms with Crippen molar-refractivity contribution in [2.45, 2.75) is 31.8 Å². The Labute approximate surface area is 145 Å². The van der Waals surface area contributed by atoms with Crippen molar-refractivity contribution in [1.82, 2.24) is 0 Å². The summed E-state index contributed by atoms with van der Waals surface area (Å²) in [5, 5.41) is -0.00123. The fourth-order valence-electron chi connectivity index (χ4n) is 2.62. The molecule has 0 spiro atoms. The molecule has 0 unspecified atom stereocenters. The van der Waals surface area contributed by atoms with Crippen molar-refractivity contribution in [1.29, 1.82) is 0 Å². The molecule has 1 heterocycles. The summed E-state index contributed by atoms with van der Waals surface area (Å²) in [5.41, 5.74) is 1.45. The lowest BCUT2D eigenvalue weighted by atomic mass is 10.2. The number of carbonyl (C=O) groups is 1. The predicted octanol–water partition coefficient (Wildman–Crippen LogP) is 4.90. The number of carbonyl (C=O) groups excluding carboxylic acids is 1. The van der Waals surface area contributed by atoms with Gasteiger partial charge in [-0.1, -0.05) is 30.0 Å². The minimum Gasteiger partial charge on any atom is -0.490 e. The molecule has 5 heteroatoms. The second-order valence-corrected chi connectivity index (χ2v) is 7.72. The van der Waals surface area contributed by atoms with Gasteiger partial charge in [-0.3, -0.25) is 4.79 Å². The molecular formula is C18H19NO2S2. The highest BCUT2D eigenvalue weighted by molar-refractivity contribution is 8.45. The quantitative estimate of drug-likeness (QED) is 0.562. The van der Waals surface area contributed by atoms with Gasteiger partial charge in [0.25, 0.3) is 0 Å². The molecule has 0 amide bonds. The Balaban J connectivity index is 1.72. The number of benzene rings is 1. The monoisotopic (exact) mass is 345 g/mol. The molecule has 0 saturated heterocycles. The van der Waals surface area contributed by atoms with Crippen molar-refractivity contribution in [2.24, 2.45) is 4.99 Å². The Morgan fingerprint density at radius 1 is 1.39 bits per heavy atom. The maximum absolute atomic E-state index is 12.0. The summed E-state index contributed by atoms with van der Waals surface area (Å²) in [4.78, 5) is 16.4. The SMILES string of the molecule is C=CCSC1=N/C(=C/c2cccc(OC3CCCC3)c2)C(=O)S1. The summed E-state index contributed by atoms with van der Waals surface area (Å²) in [6.45, 7) is 3.68. The summed E-state index contributed by atoms with van der Waals surface area (Å²) in [6, 6.07) is 7.88. The highest BCUT2D eigenvalue weighted by Gasteiger charge is 2.22. The van der Waals surface area contributed by atoms with E-state index in [1.807, 2.05) is 36.4 Å². The number of aliphatic imine (C=N–C) groups is 1. The van der Waals surface area contributed by atoms with Crippen molar-refractivity contribution < 1.29 is 9.53 Å². The Bertz CT molecular complexity index is 661. The van der Waals surface area contributed by atoms with Crippen LogP contribution in [0.25, 0.3) is 6.08 Å². The molecule has 3 nitrogen and oxygen atoms in total. The Kier molecular flexibility index (Phi) is 5.62. The zero-order valence-electron chi connectivity index (χ0n) is 12.9. The lowest BCUT2D eigenvalue weighted by Crippen LogP contribution is -2.10. The fourth-order valence-corrected chi connectivity index (χ4v) is 4.22. The third-order valence-corrected chi connectivity index (χ3v) is 5.70. The van der Waals surface area contributed by atoms with E-state index in [4.69, 9.17) is 4.74 Å². The van der Waals surface area contributed by atoms with E-state index in [2.05, 4.69) is 11.6 Å². The molecule has 23 heavy (non-hydrogen) atoms. The van der Waals surface area contributed by atoms with Crippen LogP contribution in [0.4, 0.5) is 0 Å². The van der Waals surface area contributed by atoms with E-state index in [0.717, 1.165) is 34.3 Å².